The number of carbonyl (C=O) groups excluding carboxylic acids is 1. The molecule has 1 rings (SSSR count). The lowest BCUT2D eigenvalue weighted by Gasteiger charge is -2.17. The second kappa shape index (κ2) is 9.09. The van der Waals surface area contributed by atoms with Gasteiger partial charge >= 0.3 is 5.97 Å². The fraction of sp³-hybridized carbons (Fsp3) is 0.467. The number of nitrogens with one attached hydrogen (secondary N) is 1. The molecule has 1 aromatic rings. The van der Waals surface area contributed by atoms with Crippen molar-refractivity contribution in [2.75, 3.05) is 13.2 Å². The summed E-state index contributed by atoms with van der Waals surface area (Å²) in [6.07, 6.45) is 0.846. The van der Waals surface area contributed by atoms with E-state index in [0.29, 0.717) is 26.1 Å². The van der Waals surface area contributed by atoms with Gasteiger partial charge in [0.25, 0.3) is 0 Å². The monoisotopic (exact) mass is 279 g/mol. The summed E-state index contributed by atoms with van der Waals surface area (Å²) in [5, 5.41) is 11.7. The predicted molar refractivity (Wildman–Crippen MR) is 75.3 cm³/mol. The van der Waals surface area contributed by atoms with Gasteiger partial charge in [-0.25, -0.2) is 0 Å². The number of amides is 1. The van der Waals surface area contributed by atoms with E-state index < -0.39 is 12.0 Å². The summed E-state index contributed by atoms with van der Waals surface area (Å²) in [6.45, 7) is 3.07. The largest absolute Gasteiger partial charge is 0.481 e. The molecule has 0 bridgehead atoms. The maximum atomic E-state index is 11.8. The van der Waals surface area contributed by atoms with Crippen LogP contribution in [0.15, 0.2) is 30.3 Å². The third-order valence-electron chi connectivity index (χ3n) is 2.81. The summed E-state index contributed by atoms with van der Waals surface area (Å²) in [6, 6.07) is 8.64. The van der Waals surface area contributed by atoms with E-state index in [9.17, 15) is 9.59 Å². The Labute approximate surface area is 118 Å². The molecule has 1 atom stereocenters. The molecule has 110 valence electrons. The van der Waals surface area contributed by atoms with Crippen LogP contribution in [0.2, 0.25) is 0 Å². The molecular weight excluding hydrogens is 258 g/mol. The van der Waals surface area contributed by atoms with Gasteiger partial charge in [0.1, 0.15) is 0 Å². The number of aliphatic carboxylic acids is 1. The van der Waals surface area contributed by atoms with Gasteiger partial charge in [0.05, 0.1) is 12.5 Å². The summed E-state index contributed by atoms with van der Waals surface area (Å²) in [4.78, 5) is 22.7. The van der Waals surface area contributed by atoms with Crippen LogP contribution < -0.4 is 5.32 Å². The normalized spacial score (nSPS) is 11.8. The quantitative estimate of drug-likeness (QED) is 0.679. The Kier molecular flexibility index (Phi) is 7.35. The van der Waals surface area contributed by atoms with Crippen LogP contribution >= 0.6 is 0 Å². The summed E-state index contributed by atoms with van der Waals surface area (Å²) in [5.74, 6) is -1.09. The summed E-state index contributed by atoms with van der Waals surface area (Å²) in [5.41, 5.74) is 0.799. The summed E-state index contributed by atoms with van der Waals surface area (Å²) >= 11 is 0. The fourth-order valence-corrected chi connectivity index (χ4v) is 1.86. The molecule has 0 aliphatic carbocycles. The lowest BCUT2D eigenvalue weighted by Crippen LogP contribution is -2.30. The third-order valence-corrected chi connectivity index (χ3v) is 2.81. The van der Waals surface area contributed by atoms with Gasteiger partial charge in [-0.3, -0.25) is 9.59 Å². The molecule has 0 heterocycles. The minimum Gasteiger partial charge on any atom is -0.481 e. The predicted octanol–water partition coefficient (Wildman–Crippen LogP) is 2.14. The van der Waals surface area contributed by atoms with E-state index in [1.807, 2.05) is 37.3 Å². The molecule has 2 N–H and O–H groups in total. The van der Waals surface area contributed by atoms with E-state index >= 15 is 0 Å². The molecule has 0 spiro atoms. The van der Waals surface area contributed by atoms with Crippen molar-refractivity contribution in [2.24, 2.45) is 0 Å². The van der Waals surface area contributed by atoms with Crippen LogP contribution in [0.4, 0.5) is 0 Å². The van der Waals surface area contributed by atoms with Crippen molar-refractivity contribution < 1.29 is 19.4 Å². The molecule has 20 heavy (non-hydrogen) atoms. The van der Waals surface area contributed by atoms with Crippen molar-refractivity contribution >= 4 is 11.9 Å². The number of ether oxygens (including phenoxy) is 1. The average molecular weight is 279 g/mol. The fourth-order valence-electron chi connectivity index (χ4n) is 1.86. The smallest absolute Gasteiger partial charge is 0.305 e. The van der Waals surface area contributed by atoms with Crippen LogP contribution in [0, 0.1) is 0 Å². The van der Waals surface area contributed by atoms with Crippen molar-refractivity contribution in [2.45, 2.75) is 32.2 Å². The van der Waals surface area contributed by atoms with E-state index in [1.54, 1.807) is 0 Å². The zero-order valence-electron chi connectivity index (χ0n) is 11.7. The number of hydrogen-bond donors (Lipinski definition) is 2. The highest BCUT2D eigenvalue weighted by atomic mass is 16.5. The molecule has 0 saturated carbocycles. The first-order valence-corrected chi connectivity index (χ1v) is 6.77. The molecule has 0 aromatic heterocycles. The highest BCUT2D eigenvalue weighted by molar-refractivity contribution is 5.77. The molecule has 1 aromatic carbocycles. The van der Waals surface area contributed by atoms with Crippen molar-refractivity contribution in [3.8, 4) is 0 Å². The molecule has 0 fully saturated rings. The Morgan fingerprint density at radius 3 is 2.60 bits per heavy atom. The molecule has 0 aliphatic rings. The molecular formula is C15H21NO4. The van der Waals surface area contributed by atoms with E-state index in [4.69, 9.17) is 9.84 Å². The Bertz CT molecular complexity index is 419. The second-order valence-corrected chi connectivity index (χ2v) is 4.43. The van der Waals surface area contributed by atoms with Gasteiger partial charge in [-0.1, -0.05) is 30.3 Å². The minimum absolute atomic E-state index is 0.124. The van der Waals surface area contributed by atoms with Crippen molar-refractivity contribution in [3.05, 3.63) is 35.9 Å². The number of carboxylic acids is 1. The Morgan fingerprint density at radius 2 is 2.00 bits per heavy atom. The maximum absolute atomic E-state index is 11.8. The number of hydrogen-bond acceptors (Lipinski definition) is 3. The van der Waals surface area contributed by atoms with Gasteiger partial charge in [-0.15, -0.1) is 0 Å². The first-order valence-electron chi connectivity index (χ1n) is 6.77. The number of carbonyl (C=O) groups is 2. The molecule has 0 saturated heterocycles. The van der Waals surface area contributed by atoms with Crippen LogP contribution in [0.25, 0.3) is 0 Å². The second-order valence-electron chi connectivity index (χ2n) is 4.43. The molecule has 1 unspecified atom stereocenters. The van der Waals surface area contributed by atoms with Crippen molar-refractivity contribution in [1.82, 2.24) is 5.32 Å². The zero-order chi connectivity index (χ0) is 14.8. The van der Waals surface area contributed by atoms with E-state index in [-0.39, 0.29) is 12.3 Å². The molecule has 0 radical (unpaired) electrons. The molecule has 1 amide bonds. The van der Waals surface area contributed by atoms with Gasteiger partial charge < -0.3 is 15.2 Å². The Hall–Kier alpha value is -1.88. The van der Waals surface area contributed by atoms with Gasteiger partial charge in [0.2, 0.25) is 5.91 Å². The van der Waals surface area contributed by atoms with Crippen LogP contribution in [0.5, 0.6) is 0 Å². The van der Waals surface area contributed by atoms with Crippen LogP contribution in [-0.4, -0.2) is 30.2 Å². The SMILES string of the molecule is CCOCCCC(=O)NC(CC(=O)O)c1ccccc1. The van der Waals surface area contributed by atoms with Gasteiger partial charge in [-0.2, -0.15) is 0 Å². The summed E-state index contributed by atoms with van der Waals surface area (Å²) in [7, 11) is 0. The number of carboxylic acid groups (broad SMARTS) is 1. The summed E-state index contributed by atoms with van der Waals surface area (Å²) < 4.78 is 5.16. The Balaban J connectivity index is 2.52. The van der Waals surface area contributed by atoms with Gasteiger partial charge in [0.15, 0.2) is 0 Å². The van der Waals surface area contributed by atoms with E-state index in [0.717, 1.165) is 5.56 Å². The lowest BCUT2D eigenvalue weighted by molar-refractivity contribution is -0.137. The van der Waals surface area contributed by atoms with Crippen LogP contribution in [0.1, 0.15) is 37.8 Å². The minimum atomic E-state index is -0.937. The standard InChI is InChI=1S/C15H21NO4/c1-2-20-10-6-9-14(17)16-13(11-15(18)19)12-7-4-3-5-8-12/h3-5,7-8,13H,2,6,9-11H2,1H3,(H,16,17)(H,18,19). The van der Waals surface area contributed by atoms with Gasteiger partial charge in [0, 0.05) is 19.6 Å². The van der Waals surface area contributed by atoms with Crippen LogP contribution in [0.3, 0.4) is 0 Å². The first kappa shape index (κ1) is 16.2. The maximum Gasteiger partial charge on any atom is 0.305 e. The number of rotatable bonds is 9. The lowest BCUT2D eigenvalue weighted by atomic mass is 10.0. The van der Waals surface area contributed by atoms with Crippen LogP contribution in [-0.2, 0) is 14.3 Å². The van der Waals surface area contributed by atoms with Gasteiger partial charge in [-0.05, 0) is 18.9 Å². The topological polar surface area (TPSA) is 75.6 Å². The first-order chi connectivity index (χ1) is 9.63. The van der Waals surface area contributed by atoms with E-state index in [2.05, 4.69) is 5.32 Å². The zero-order valence-corrected chi connectivity index (χ0v) is 11.7. The van der Waals surface area contributed by atoms with Crippen molar-refractivity contribution in [1.29, 1.82) is 0 Å². The van der Waals surface area contributed by atoms with E-state index in [1.165, 1.54) is 0 Å². The number of benzene rings is 1. The molecule has 5 heteroatoms. The highest BCUT2D eigenvalue weighted by Crippen LogP contribution is 2.16. The average Bonchev–Trinajstić information content (AvgIpc) is 2.43. The Morgan fingerprint density at radius 1 is 1.30 bits per heavy atom. The third kappa shape index (κ3) is 6.33. The van der Waals surface area contributed by atoms with Crippen molar-refractivity contribution in [3.63, 3.8) is 0 Å². The highest BCUT2D eigenvalue weighted by Gasteiger charge is 2.17. The molecule has 5 nitrogen and oxygen atoms in total. The molecule has 0 aliphatic heterocycles.